The zero-order chi connectivity index (χ0) is 13.1. The molecular weight excluding hydrogens is 240 g/mol. The molecule has 0 saturated carbocycles. The number of carbonyl (C=O) groups excluding carboxylic acids is 2. The highest BCUT2D eigenvalue weighted by Gasteiger charge is 2.27. The van der Waals surface area contributed by atoms with Gasteiger partial charge in [0.25, 0.3) is 5.91 Å². The largest absolute Gasteiger partial charge is 0.410 e. The van der Waals surface area contributed by atoms with Gasteiger partial charge in [-0.3, -0.25) is 14.9 Å². The molecule has 3 N–H and O–H groups in total. The molecule has 0 radical (unpaired) electrons. The zero-order valence-corrected chi connectivity index (χ0v) is 9.15. The van der Waals surface area contributed by atoms with Gasteiger partial charge in [-0.05, 0) is 17.3 Å². The van der Waals surface area contributed by atoms with Crippen LogP contribution in [0.1, 0.15) is 6.42 Å². The summed E-state index contributed by atoms with van der Waals surface area (Å²) in [4.78, 5) is 21.1. The van der Waals surface area contributed by atoms with Crippen molar-refractivity contribution >= 4 is 22.8 Å². The van der Waals surface area contributed by atoms with E-state index in [1.54, 1.807) is 12.1 Å². The molecule has 1 fully saturated rings. The number of carbonyl (C=O) groups is 2. The molecule has 18 heavy (non-hydrogen) atoms. The Labute approximate surface area is 101 Å². The third-order valence-corrected chi connectivity index (χ3v) is 2.28. The van der Waals surface area contributed by atoms with E-state index >= 15 is 0 Å². The van der Waals surface area contributed by atoms with Crippen molar-refractivity contribution in [3.8, 4) is 0 Å². The first kappa shape index (κ1) is 12.0. The van der Waals surface area contributed by atoms with Gasteiger partial charge in [0.15, 0.2) is 0 Å². The molecule has 1 aliphatic rings. The topological polar surface area (TPSA) is 117 Å². The summed E-state index contributed by atoms with van der Waals surface area (Å²) in [5, 5.41) is 26.5. The maximum atomic E-state index is 10.2. The normalized spacial score (nSPS) is 18.4. The molecule has 1 unspecified atom stereocenters. The highest BCUT2D eigenvalue weighted by molar-refractivity contribution is 6.04. The molecule has 1 saturated heterocycles. The van der Waals surface area contributed by atoms with E-state index in [-0.39, 0.29) is 6.42 Å². The second-order valence-corrected chi connectivity index (χ2v) is 3.60. The Balaban J connectivity index is 0.000000138. The van der Waals surface area contributed by atoms with E-state index in [1.807, 2.05) is 17.4 Å². The van der Waals surface area contributed by atoms with E-state index in [2.05, 4.69) is 10.3 Å². The van der Waals surface area contributed by atoms with Crippen LogP contribution in [0.4, 0.5) is 0 Å². The standard InChI is InChI=1S/C6H5N3O.C4H5NO3/c10-9-6-4-2-1-3-5(6)7-8-9;6-2-1-3(7)5-4(2)8/h1-4,10H;2,6H,1H2,(H,5,7,8). The number of nitrogens with one attached hydrogen (secondary N) is 1. The molecule has 0 bridgehead atoms. The number of rotatable bonds is 0. The van der Waals surface area contributed by atoms with E-state index in [4.69, 9.17) is 10.3 Å². The average molecular weight is 250 g/mol. The monoisotopic (exact) mass is 250 g/mol. The summed E-state index contributed by atoms with van der Waals surface area (Å²) in [5.41, 5.74) is 1.33. The van der Waals surface area contributed by atoms with Gasteiger partial charge in [0.1, 0.15) is 17.1 Å². The summed E-state index contributed by atoms with van der Waals surface area (Å²) in [6.07, 6.45) is -1.19. The molecule has 2 aromatic rings. The molecule has 2 heterocycles. The number of amides is 2. The Bertz CT molecular complexity index is 594. The van der Waals surface area contributed by atoms with Gasteiger partial charge in [0.05, 0.1) is 6.42 Å². The second-order valence-electron chi connectivity index (χ2n) is 3.60. The lowest BCUT2D eigenvalue weighted by atomic mass is 10.3. The lowest BCUT2D eigenvalue weighted by molar-refractivity contribution is -0.127. The first-order chi connectivity index (χ1) is 8.58. The van der Waals surface area contributed by atoms with Crippen LogP contribution in [0.15, 0.2) is 24.3 Å². The number of hydrogen-bond acceptors (Lipinski definition) is 6. The van der Waals surface area contributed by atoms with Gasteiger partial charge in [-0.15, -0.1) is 5.10 Å². The molecule has 8 heteroatoms. The first-order valence-electron chi connectivity index (χ1n) is 5.09. The Morgan fingerprint density at radius 3 is 2.56 bits per heavy atom. The quantitative estimate of drug-likeness (QED) is 0.410. The number of nitrogens with zero attached hydrogens (tertiary/aromatic N) is 3. The minimum Gasteiger partial charge on any atom is -0.410 e. The highest BCUT2D eigenvalue weighted by atomic mass is 16.5. The van der Waals surface area contributed by atoms with E-state index in [0.29, 0.717) is 11.0 Å². The number of para-hydroxylation sites is 1. The summed E-state index contributed by atoms with van der Waals surface area (Å²) in [7, 11) is 0. The predicted molar refractivity (Wildman–Crippen MR) is 58.5 cm³/mol. The van der Waals surface area contributed by atoms with E-state index < -0.39 is 17.9 Å². The van der Waals surface area contributed by atoms with Crippen molar-refractivity contribution in [3.63, 3.8) is 0 Å². The van der Waals surface area contributed by atoms with Crippen molar-refractivity contribution in [2.24, 2.45) is 0 Å². The predicted octanol–water partition coefficient (Wildman–Crippen LogP) is -0.938. The summed E-state index contributed by atoms with van der Waals surface area (Å²) >= 11 is 0. The van der Waals surface area contributed by atoms with E-state index in [1.165, 1.54) is 0 Å². The Kier molecular flexibility index (Phi) is 3.20. The molecule has 0 aliphatic carbocycles. The van der Waals surface area contributed by atoms with Crippen molar-refractivity contribution in [2.75, 3.05) is 0 Å². The van der Waals surface area contributed by atoms with Crippen molar-refractivity contribution in [3.05, 3.63) is 24.3 Å². The third kappa shape index (κ3) is 2.43. The Morgan fingerprint density at radius 2 is 2.06 bits per heavy atom. The van der Waals surface area contributed by atoms with Crippen LogP contribution in [-0.4, -0.2) is 43.4 Å². The molecular formula is C10H10N4O4. The lowest BCUT2D eigenvalue weighted by Crippen LogP contribution is -2.24. The van der Waals surface area contributed by atoms with Gasteiger partial charge >= 0.3 is 0 Å². The number of benzene rings is 1. The number of imide groups is 1. The number of hydrogen-bond donors (Lipinski definition) is 3. The van der Waals surface area contributed by atoms with Crippen LogP contribution in [-0.2, 0) is 9.59 Å². The summed E-state index contributed by atoms with van der Waals surface area (Å²) in [6.45, 7) is 0. The summed E-state index contributed by atoms with van der Waals surface area (Å²) in [6, 6.07) is 7.19. The van der Waals surface area contributed by atoms with Gasteiger partial charge in [0, 0.05) is 0 Å². The van der Waals surface area contributed by atoms with E-state index in [9.17, 15) is 9.59 Å². The molecule has 8 nitrogen and oxygen atoms in total. The fraction of sp³-hybridized carbons (Fsp3) is 0.200. The lowest BCUT2D eigenvalue weighted by Gasteiger charge is -1.88. The fourth-order valence-corrected chi connectivity index (χ4v) is 1.40. The molecule has 1 aromatic heterocycles. The van der Waals surface area contributed by atoms with Crippen LogP contribution in [0.2, 0.25) is 0 Å². The minimum absolute atomic E-state index is 0.0845. The average Bonchev–Trinajstić information content (AvgIpc) is 2.85. The summed E-state index contributed by atoms with van der Waals surface area (Å²) < 4.78 is 0. The highest BCUT2D eigenvalue weighted by Crippen LogP contribution is 2.06. The smallest absolute Gasteiger partial charge is 0.255 e. The molecule has 1 aliphatic heterocycles. The van der Waals surface area contributed by atoms with Gasteiger partial charge in [0.2, 0.25) is 5.91 Å². The van der Waals surface area contributed by atoms with Crippen LogP contribution in [0, 0.1) is 0 Å². The number of aliphatic hydroxyl groups excluding tert-OH is 1. The van der Waals surface area contributed by atoms with Crippen LogP contribution in [0.25, 0.3) is 11.0 Å². The van der Waals surface area contributed by atoms with Gasteiger partial charge in [-0.2, -0.15) is 0 Å². The summed E-state index contributed by atoms with van der Waals surface area (Å²) in [5.74, 6) is -0.988. The molecule has 1 atom stereocenters. The van der Waals surface area contributed by atoms with Crippen molar-refractivity contribution < 1.29 is 19.9 Å². The molecule has 2 amide bonds. The number of fused-ring (bicyclic) bond motifs is 1. The minimum atomic E-state index is -1.11. The van der Waals surface area contributed by atoms with Gasteiger partial charge < -0.3 is 10.3 Å². The molecule has 94 valence electrons. The zero-order valence-electron chi connectivity index (χ0n) is 9.15. The SMILES string of the molecule is O=C1CC(O)C(=O)N1.On1nnc2ccccc21. The first-order valence-corrected chi connectivity index (χ1v) is 5.09. The second kappa shape index (κ2) is 4.80. The maximum absolute atomic E-state index is 10.2. The third-order valence-electron chi connectivity index (χ3n) is 2.28. The maximum Gasteiger partial charge on any atom is 0.255 e. The fourth-order valence-electron chi connectivity index (χ4n) is 1.40. The van der Waals surface area contributed by atoms with Gasteiger partial charge in [-0.25, -0.2) is 0 Å². The van der Waals surface area contributed by atoms with E-state index in [0.717, 1.165) is 4.85 Å². The van der Waals surface area contributed by atoms with Crippen molar-refractivity contribution in [1.29, 1.82) is 0 Å². The van der Waals surface area contributed by atoms with Crippen LogP contribution >= 0.6 is 0 Å². The molecule has 0 spiro atoms. The Morgan fingerprint density at radius 1 is 1.33 bits per heavy atom. The Hall–Kier alpha value is -2.48. The molecule has 3 rings (SSSR count). The van der Waals surface area contributed by atoms with Crippen LogP contribution in [0.3, 0.4) is 0 Å². The number of aliphatic hydroxyl groups is 1. The van der Waals surface area contributed by atoms with Crippen LogP contribution in [0.5, 0.6) is 0 Å². The number of aromatic nitrogens is 3. The van der Waals surface area contributed by atoms with Crippen LogP contribution < -0.4 is 5.32 Å². The molecule has 1 aromatic carbocycles. The van der Waals surface area contributed by atoms with Crippen molar-refractivity contribution in [1.82, 2.24) is 20.5 Å². The van der Waals surface area contributed by atoms with Gasteiger partial charge in [-0.1, -0.05) is 17.0 Å². The van der Waals surface area contributed by atoms with Crippen molar-refractivity contribution in [2.45, 2.75) is 12.5 Å².